The number of ether oxygens (including phenoxy) is 3. The molecule has 1 aliphatic heterocycles. The Morgan fingerprint density at radius 2 is 2.13 bits per heavy atom. The molecule has 0 bridgehead atoms. The molecule has 0 aromatic carbocycles. The minimum absolute atomic E-state index is 0.502. The number of carbonyl (C=O) groups excluding carboxylic acids is 1. The summed E-state index contributed by atoms with van der Waals surface area (Å²) in [5, 5.41) is 18.2. The van der Waals surface area contributed by atoms with Crippen LogP contribution in [0.15, 0.2) is 0 Å². The van der Waals surface area contributed by atoms with Crippen LogP contribution in [-0.4, -0.2) is 54.0 Å². The van der Waals surface area contributed by atoms with Crippen LogP contribution in [0.2, 0.25) is 0 Å². The average Bonchev–Trinajstić information content (AvgIpc) is 2.52. The van der Waals surface area contributed by atoms with E-state index in [4.69, 9.17) is 14.6 Å². The fourth-order valence-corrected chi connectivity index (χ4v) is 1.47. The Bertz CT molecular complexity index is 239. The number of hydrogen-bond acceptors (Lipinski definition) is 6. The molecule has 0 amide bonds. The number of esters is 1. The summed E-state index contributed by atoms with van der Waals surface area (Å²) in [7, 11) is 1.22. The molecule has 6 nitrogen and oxygen atoms in total. The summed E-state index contributed by atoms with van der Waals surface area (Å²) < 4.78 is 15.1. The summed E-state index contributed by atoms with van der Waals surface area (Å²) in [4.78, 5) is 11.3. The molecule has 0 aliphatic carbocycles. The van der Waals surface area contributed by atoms with E-state index in [0.29, 0.717) is 0 Å². The molecule has 2 N–H and O–H groups in total. The van der Waals surface area contributed by atoms with Gasteiger partial charge in [-0.3, -0.25) is 0 Å². The van der Waals surface area contributed by atoms with E-state index in [9.17, 15) is 9.90 Å². The highest BCUT2D eigenvalue weighted by molar-refractivity contribution is 5.75. The lowest BCUT2D eigenvalue weighted by Gasteiger charge is -2.19. The molecular weight excluding hydrogens is 204 g/mol. The van der Waals surface area contributed by atoms with Crippen molar-refractivity contribution < 1.29 is 29.2 Å². The van der Waals surface area contributed by atoms with E-state index in [-0.39, 0.29) is 0 Å². The van der Waals surface area contributed by atoms with Gasteiger partial charge in [0, 0.05) is 0 Å². The Kier molecular flexibility index (Phi) is 3.67. The number of aliphatic hydroxyl groups excluding tert-OH is 2. The van der Waals surface area contributed by atoms with Gasteiger partial charge >= 0.3 is 5.97 Å². The molecule has 88 valence electrons. The molecule has 0 saturated carbocycles. The van der Waals surface area contributed by atoms with Gasteiger partial charge in [0.15, 0.2) is 11.9 Å². The van der Waals surface area contributed by atoms with Gasteiger partial charge in [0.25, 0.3) is 0 Å². The highest BCUT2D eigenvalue weighted by atomic mass is 16.8. The van der Waals surface area contributed by atoms with Gasteiger partial charge in [-0.1, -0.05) is 0 Å². The van der Waals surface area contributed by atoms with Gasteiger partial charge < -0.3 is 24.4 Å². The Hall–Kier alpha value is -0.690. The average molecular weight is 220 g/mol. The quantitative estimate of drug-likeness (QED) is 0.595. The van der Waals surface area contributed by atoms with Gasteiger partial charge in [-0.15, -0.1) is 0 Å². The third-order valence-electron chi connectivity index (χ3n) is 2.13. The van der Waals surface area contributed by atoms with Crippen LogP contribution < -0.4 is 0 Å². The van der Waals surface area contributed by atoms with Crippen LogP contribution in [0.25, 0.3) is 0 Å². The van der Waals surface area contributed by atoms with Crippen LogP contribution in [0.4, 0.5) is 0 Å². The molecule has 0 aromatic heterocycles. The van der Waals surface area contributed by atoms with Crippen molar-refractivity contribution in [1.29, 1.82) is 0 Å². The summed E-state index contributed by atoms with van der Waals surface area (Å²) in [6.45, 7) is 2.73. The van der Waals surface area contributed by atoms with Gasteiger partial charge in [-0.05, 0) is 13.8 Å². The van der Waals surface area contributed by atoms with Crippen LogP contribution >= 0.6 is 0 Å². The van der Waals surface area contributed by atoms with E-state index in [0.717, 1.165) is 0 Å². The normalized spacial score (nSPS) is 31.3. The summed E-state index contributed by atoms with van der Waals surface area (Å²) >= 11 is 0. The van der Waals surface area contributed by atoms with E-state index >= 15 is 0 Å². The van der Waals surface area contributed by atoms with Crippen molar-refractivity contribution in [2.45, 2.75) is 37.9 Å². The van der Waals surface area contributed by atoms with E-state index in [2.05, 4.69) is 4.74 Å². The third-order valence-corrected chi connectivity index (χ3v) is 2.13. The SMILES string of the molecule is COC(=O)[C@@H]1OC(C)(C)O[C@@H]1[C@H](O)CO. The second-order valence-corrected chi connectivity index (χ2v) is 3.79. The first-order valence-electron chi connectivity index (χ1n) is 4.63. The maximum absolute atomic E-state index is 11.3. The molecule has 1 aliphatic rings. The zero-order valence-corrected chi connectivity index (χ0v) is 8.97. The number of rotatable bonds is 3. The van der Waals surface area contributed by atoms with E-state index < -0.39 is 36.7 Å². The van der Waals surface area contributed by atoms with Crippen LogP contribution in [0.5, 0.6) is 0 Å². The van der Waals surface area contributed by atoms with Gasteiger partial charge in [0.2, 0.25) is 0 Å². The molecule has 0 unspecified atom stereocenters. The summed E-state index contributed by atoms with van der Waals surface area (Å²) in [6.07, 6.45) is -3.08. The minimum atomic E-state index is -1.17. The first-order valence-corrected chi connectivity index (χ1v) is 4.63. The zero-order valence-electron chi connectivity index (χ0n) is 8.97. The Morgan fingerprint density at radius 1 is 1.53 bits per heavy atom. The number of carbonyl (C=O) groups is 1. The maximum atomic E-state index is 11.3. The first-order chi connectivity index (χ1) is 6.91. The smallest absolute Gasteiger partial charge is 0.337 e. The highest BCUT2D eigenvalue weighted by Crippen LogP contribution is 2.30. The third kappa shape index (κ3) is 2.66. The van der Waals surface area contributed by atoms with Crippen molar-refractivity contribution in [3.8, 4) is 0 Å². The molecular formula is C9H16O6. The van der Waals surface area contributed by atoms with Crippen LogP contribution in [0.1, 0.15) is 13.8 Å². The molecule has 0 aromatic rings. The summed E-state index contributed by atoms with van der Waals surface area (Å²) in [5.41, 5.74) is 0. The van der Waals surface area contributed by atoms with Crippen molar-refractivity contribution in [3.05, 3.63) is 0 Å². The molecule has 6 heteroatoms. The van der Waals surface area contributed by atoms with E-state index in [1.54, 1.807) is 13.8 Å². The molecule has 3 atom stereocenters. The van der Waals surface area contributed by atoms with Crippen molar-refractivity contribution in [2.24, 2.45) is 0 Å². The number of methoxy groups -OCH3 is 1. The van der Waals surface area contributed by atoms with Gasteiger partial charge in [-0.25, -0.2) is 4.79 Å². The zero-order chi connectivity index (χ0) is 11.6. The Morgan fingerprint density at radius 3 is 2.60 bits per heavy atom. The van der Waals surface area contributed by atoms with Crippen molar-refractivity contribution in [2.75, 3.05) is 13.7 Å². The van der Waals surface area contributed by atoms with E-state index in [1.165, 1.54) is 7.11 Å². The second kappa shape index (κ2) is 4.44. The number of hydrogen-bond donors (Lipinski definition) is 2. The topological polar surface area (TPSA) is 85.2 Å². The lowest BCUT2D eigenvalue weighted by atomic mass is 10.1. The molecule has 15 heavy (non-hydrogen) atoms. The Labute approximate surface area is 87.7 Å². The molecule has 1 rings (SSSR count). The predicted molar refractivity (Wildman–Crippen MR) is 48.9 cm³/mol. The summed E-state index contributed by atoms with van der Waals surface area (Å²) in [6, 6.07) is 0. The van der Waals surface area contributed by atoms with E-state index in [1.807, 2.05) is 0 Å². The van der Waals surface area contributed by atoms with Crippen molar-refractivity contribution in [3.63, 3.8) is 0 Å². The molecule has 0 spiro atoms. The monoisotopic (exact) mass is 220 g/mol. The predicted octanol–water partition coefficient (Wildman–Crippen LogP) is -0.967. The fourth-order valence-electron chi connectivity index (χ4n) is 1.47. The van der Waals surface area contributed by atoms with Gasteiger partial charge in [0.05, 0.1) is 13.7 Å². The first kappa shape index (κ1) is 12.4. The lowest BCUT2D eigenvalue weighted by molar-refractivity contribution is -0.169. The van der Waals surface area contributed by atoms with Gasteiger partial charge in [-0.2, -0.15) is 0 Å². The standard InChI is InChI=1S/C9H16O6/c1-9(2)14-6(5(11)4-10)7(15-9)8(12)13-3/h5-7,10-11H,4H2,1-3H3/t5-,6-,7-/m1/s1. The lowest BCUT2D eigenvalue weighted by Crippen LogP contribution is -2.42. The van der Waals surface area contributed by atoms with Crippen LogP contribution in [0.3, 0.4) is 0 Å². The number of aliphatic hydroxyl groups is 2. The van der Waals surface area contributed by atoms with Gasteiger partial charge in [0.1, 0.15) is 12.2 Å². The molecule has 1 saturated heterocycles. The second-order valence-electron chi connectivity index (χ2n) is 3.79. The minimum Gasteiger partial charge on any atom is -0.467 e. The maximum Gasteiger partial charge on any atom is 0.337 e. The molecule has 1 fully saturated rings. The molecule has 0 radical (unpaired) electrons. The van der Waals surface area contributed by atoms with Crippen molar-refractivity contribution in [1.82, 2.24) is 0 Å². The highest BCUT2D eigenvalue weighted by Gasteiger charge is 2.48. The molecule has 1 heterocycles. The Balaban J connectivity index is 2.79. The van der Waals surface area contributed by atoms with Crippen LogP contribution in [-0.2, 0) is 19.0 Å². The van der Waals surface area contributed by atoms with Crippen molar-refractivity contribution >= 4 is 5.97 Å². The van der Waals surface area contributed by atoms with Crippen LogP contribution in [0, 0.1) is 0 Å². The summed E-state index contributed by atoms with van der Waals surface area (Å²) in [5.74, 6) is -1.60. The fraction of sp³-hybridized carbons (Fsp3) is 0.889. The largest absolute Gasteiger partial charge is 0.467 e.